The van der Waals surface area contributed by atoms with Gasteiger partial charge in [-0.15, -0.1) is 11.8 Å². The van der Waals surface area contributed by atoms with Gasteiger partial charge in [0.15, 0.2) is 0 Å². The van der Waals surface area contributed by atoms with Crippen molar-refractivity contribution in [2.45, 2.75) is 18.3 Å². The number of nitrogens with two attached hydrogens (primary N) is 1. The van der Waals surface area contributed by atoms with E-state index in [0.717, 1.165) is 11.1 Å². The number of fused-ring (bicyclic) bond motifs is 1. The molecule has 6 heteroatoms. The molecule has 5 nitrogen and oxygen atoms in total. The summed E-state index contributed by atoms with van der Waals surface area (Å²) < 4.78 is 4.72. The average molecular weight is 254 g/mol. The zero-order valence-corrected chi connectivity index (χ0v) is 10.5. The Morgan fingerprint density at radius 3 is 2.82 bits per heavy atom. The van der Waals surface area contributed by atoms with E-state index in [1.165, 1.54) is 12.0 Å². The van der Waals surface area contributed by atoms with Crippen LogP contribution < -0.4 is 5.73 Å². The number of nitrogens with zero attached hydrogens (tertiary/aromatic N) is 1. The lowest BCUT2D eigenvalue weighted by Gasteiger charge is -2.48. The number of hydrogen-bond acceptors (Lipinski definition) is 5. The van der Waals surface area contributed by atoms with Gasteiger partial charge in [0.05, 0.1) is 7.11 Å². The molecule has 92 valence electrons. The number of hydrogen-bond donors (Lipinski definition) is 1. The average Bonchev–Trinajstić information content (AvgIpc) is 2.34. The summed E-state index contributed by atoms with van der Waals surface area (Å²) in [5.74, 6) is -0.114. The van der Waals surface area contributed by atoms with Crippen molar-refractivity contribution in [3.8, 4) is 0 Å². The van der Waals surface area contributed by atoms with Gasteiger partial charge in [0.25, 0.3) is 0 Å². The van der Waals surface area contributed by atoms with Crippen LogP contribution in [0.5, 0.6) is 0 Å². The molecule has 1 amide bonds. The third-order valence-corrected chi connectivity index (χ3v) is 4.20. The van der Waals surface area contributed by atoms with Crippen LogP contribution in [0.4, 0.5) is 0 Å². The Hall–Kier alpha value is -1.27. The third kappa shape index (κ3) is 1.68. The fourth-order valence-electron chi connectivity index (χ4n) is 1.93. The first kappa shape index (κ1) is 12.2. The molecule has 17 heavy (non-hydrogen) atoms. The zero-order valence-electron chi connectivity index (χ0n) is 9.73. The summed E-state index contributed by atoms with van der Waals surface area (Å²) in [6.07, 6.45) is 0. The minimum absolute atomic E-state index is 0.153. The smallest absolute Gasteiger partial charge is 0.355 e. The van der Waals surface area contributed by atoms with Gasteiger partial charge in [-0.25, -0.2) is 4.79 Å². The number of carbonyl (C=O) groups is 2. The highest BCUT2D eigenvalue weighted by Crippen LogP contribution is 2.41. The number of esters is 1. The maximum atomic E-state index is 11.8. The first-order chi connectivity index (χ1) is 7.99. The molecule has 0 aliphatic carbocycles. The topological polar surface area (TPSA) is 72.6 Å². The summed E-state index contributed by atoms with van der Waals surface area (Å²) >= 11 is 1.55. The number of thioether (sulfide) groups is 1. The normalized spacial score (nSPS) is 27.5. The van der Waals surface area contributed by atoms with Crippen LogP contribution in [0.15, 0.2) is 23.4 Å². The molecule has 0 radical (unpaired) electrons. The Balaban J connectivity index is 2.45. The van der Waals surface area contributed by atoms with E-state index in [2.05, 4.69) is 6.58 Å². The summed E-state index contributed by atoms with van der Waals surface area (Å²) in [4.78, 5) is 24.9. The number of carbonyl (C=O) groups excluding carboxylic acids is 2. The summed E-state index contributed by atoms with van der Waals surface area (Å²) in [5, 5.41) is -0.153. The van der Waals surface area contributed by atoms with Gasteiger partial charge >= 0.3 is 5.97 Å². The van der Waals surface area contributed by atoms with Crippen LogP contribution in [-0.2, 0) is 14.3 Å². The van der Waals surface area contributed by atoms with Gasteiger partial charge < -0.3 is 10.5 Å². The largest absolute Gasteiger partial charge is 0.464 e. The van der Waals surface area contributed by atoms with Crippen molar-refractivity contribution in [2.75, 3.05) is 12.9 Å². The number of β-lactam (4-membered cyclic amide) rings is 1. The maximum absolute atomic E-state index is 11.8. The van der Waals surface area contributed by atoms with Gasteiger partial charge in [-0.3, -0.25) is 9.69 Å². The second-order valence-corrected chi connectivity index (χ2v) is 5.14. The van der Waals surface area contributed by atoms with Crippen LogP contribution in [0.1, 0.15) is 6.92 Å². The highest BCUT2D eigenvalue weighted by Gasteiger charge is 2.51. The second kappa shape index (κ2) is 4.19. The molecule has 2 aliphatic rings. The Bertz CT molecular complexity index is 444. The van der Waals surface area contributed by atoms with Crippen molar-refractivity contribution in [2.24, 2.45) is 5.73 Å². The van der Waals surface area contributed by atoms with Crippen molar-refractivity contribution in [1.82, 2.24) is 4.90 Å². The number of allylic oxidation sites excluding steroid dienone is 1. The highest BCUT2D eigenvalue weighted by molar-refractivity contribution is 8.00. The van der Waals surface area contributed by atoms with Crippen LogP contribution in [0.3, 0.4) is 0 Å². The van der Waals surface area contributed by atoms with E-state index in [9.17, 15) is 9.59 Å². The molecule has 0 aromatic rings. The van der Waals surface area contributed by atoms with E-state index in [4.69, 9.17) is 10.5 Å². The molecule has 0 aromatic carbocycles. The Morgan fingerprint density at radius 1 is 1.65 bits per heavy atom. The Kier molecular flexibility index (Phi) is 3.01. The van der Waals surface area contributed by atoms with Crippen molar-refractivity contribution >= 4 is 23.6 Å². The van der Waals surface area contributed by atoms with Crippen LogP contribution in [0.2, 0.25) is 0 Å². The van der Waals surface area contributed by atoms with Gasteiger partial charge in [0.1, 0.15) is 17.1 Å². The Labute approximate surface area is 104 Å². The third-order valence-electron chi connectivity index (χ3n) is 2.90. The van der Waals surface area contributed by atoms with Crippen molar-refractivity contribution in [3.05, 3.63) is 23.4 Å². The fraction of sp³-hybridized carbons (Fsp3) is 0.455. The van der Waals surface area contributed by atoms with E-state index >= 15 is 0 Å². The minimum atomic E-state index is -0.522. The van der Waals surface area contributed by atoms with Crippen molar-refractivity contribution in [3.63, 3.8) is 0 Å². The monoisotopic (exact) mass is 254 g/mol. The molecule has 0 aromatic heterocycles. The van der Waals surface area contributed by atoms with Crippen LogP contribution in [-0.4, -0.2) is 41.1 Å². The molecule has 2 aliphatic heterocycles. The fourth-order valence-corrected chi connectivity index (χ4v) is 3.33. The van der Waals surface area contributed by atoms with E-state index in [-0.39, 0.29) is 11.3 Å². The number of rotatable bonds is 2. The SMILES string of the molecule is C=C(C)C1=C(C(=O)OC)N2C(=O)C(N)[C@H]2SC1. The van der Waals surface area contributed by atoms with Gasteiger partial charge in [-0.2, -0.15) is 0 Å². The van der Waals surface area contributed by atoms with E-state index in [1.807, 2.05) is 6.92 Å². The van der Waals surface area contributed by atoms with Gasteiger partial charge in [-0.05, 0) is 12.5 Å². The summed E-state index contributed by atoms with van der Waals surface area (Å²) in [5.41, 5.74) is 7.52. The van der Waals surface area contributed by atoms with Gasteiger partial charge in [0, 0.05) is 5.75 Å². The highest BCUT2D eigenvalue weighted by atomic mass is 32.2. The summed E-state index contributed by atoms with van der Waals surface area (Å²) in [6, 6.07) is -0.522. The molecule has 0 saturated carbocycles. The molecule has 2 N–H and O–H groups in total. The summed E-state index contributed by atoms with van der Waals surface area (Å²) in [6.45, 7) is 5.63. The van der Waals surface area contributed by atoms with E-state index in [1.54, 1.807) is 11.8 Å². The molecule has 1 saturated heterocycles. The molecule has 0 bridgehead atoms. The quantitative estimate of drug-likeness (QED) is 0.564. The summed E-state index contributed by atoms with van der Waals surface area (Å²) in [7, 11) is 1.30. The van der Waals surface area contributed by atoms with Gasteiger partial charge in [0.2, 0.25) is 5.91 Å². The van der Waals surface area contributed by atoms with E-state index in [0.29, 0.717) is 11.4 Å². The molecule has 1 unspecified atom stereocenters. The standard InChI is InChI=1S/C11H14N2O3S/c1-5(2)6-4-17-10-7(12)9(14)13(10)8(6)11(15)16-3/h7,10H,1,4,12H2,2-3H3/t7?,10-/m1/s1. The molecular weight excluding hydrogens is 240 g/mol. The first-order valence-corrected chi connectivity index (χ1v) is 6.21. The molecule has 2 atom stereocenters. The van der Waals surface area contributed by atoms with Crippen LogP contribution in [0, 0.1) is 0 Å². The maximum Gasteiger partial charge on any atom is 0.355 e. The molecule has 0 spiro atoms. The number of ether oxygens (including phenoxy) is 1. The molecular formula is C11H14N2O3S. The lowest BCUT2D eigenvalue weighted by atomic mass is 10.0. The minimum Gasteiger partial charge on any atom is -0.464 e. The first-order valence-electron chi connectivity index (χ1n) is 5.16. The lowest BCUT2D eigenvalue weighted by molar-refractivity contribution is -0.149. The van der Waals surface area contributed by atoms with E-state index < -0.39 is 12.0 Å². The van der Waals surface area contributed by atoms with Crippen molar-refractivity contribution < 1.29 is 14.3 Å². The molecule has 2 heterocycles. The zero-order chi connectivity index (χ0) is 12.7. The number of methoxy groups -OCH3 is 1. The van der Waals surface area contributed by atoms with Crippen LogP contribution >= 0.6 is 11.8 Å². The number of amides is 1. The van der Waals surface area contributed by atoms with Crippen LogP contribution in [0.25, 0.3) is 0 Å². The molecule has 2 rings (SSSR count). The van der Waals surface area contributed by atoms with Gasteiger partial charge in [-0.1, -0.05) is 12.2 Å². The Morgan fingerprint density at radius 2 is 2.29 bits per heavy atom. The lowest BCUT2D eigenvalue weighted by Crippen LogP contribution is -2.68. The van der Waals surface area contributed by atoms with Crippen molar-refractivity contribution in [1.29, 1.82) is 0 Å². The molecule has 1 fully saturated rings. The predicted octanol–water partition coefficient (Wildman–Crippen LogP) is 0.232. The second-order valence-electron chi connectivity index (χ2n) is 4.03. The predicted molar refractivity (Wildman–Crippen MR) is 64.9 cm³/mol.